The summed E-state index contributed by atoms with van der Waals surface area (Å²) >= 11 is 0. The van der Waals surface area contributed by atoms with Crippen molar-refractivity contribution in [2.75, 3.05) is 53.6 Å². The van der Waals surface area contributed by atoms with Crippen LogP contribution in [0.15, 0.2) is 0 Å². The summed E-state index contributed by atoms with van der Waals surface area (Å²) < 4.78 is 10.0. The molecule has 0 saturated heterocycles. The van der Waals surface area contributed by atoms with Crippen LogP contribution in [0.1, 0.15) is 19.8 Å². The summed E-state index contributed by atoms with van der Waals surface area (Å²) in [7, 11) is 3.49. The standard InChI is InChI=1S/C12H28N2O2/c1-12(11-16-3)5-8-13-6-4-7-14-9-10-15-2/h12-14H,4-11H2,1-3H3. The predicted octanol–water partition coefficient (Wildman–Crippen LogP) is 0.875. The molecule has 4 heteroatoms. The van der Waals surface area contributed by atoms with Crippen LogP contribution in [0.5, 0.6) is 0 Å². The van der Waals surface area contributed by atoms with Gasteiger partial charge in [0.1, 0.15) is 0 Å². The van der Waals surface area contributed by atoms with Gasteiger partial charge in [0.2, 0.25) is 0 Å². The first kappa shape index (κ1) is 15.8. The third-order valence-electron chi connectivity index (χ3n) is 2.46. The Hall–Kier alpha value is -0.160. The van der Waals surface area contributed by atoms with E-state index < -0.39 is 0 Å². The quantitative estimate of drug-likeness (QED) is 0.490. The number of ether oxygens (including phenoxy) is 2. The lowest BCUT2D eigenvalue weighted by Gasteiger charge is -2.10. The van der Waals surface area contributed by atoms with Gasteiger partial charge in [-0.25, -0.2) is 0 Å². The zero-order valence-electron chi connectivity index (χ0n) is 11.1. The van der Waals surface area contributed by atoms with Crippen LogP contribution in [-0.4, -0.2) is 53.6 Å². The van der Waals surface area contributed by atoms with Gasteiger partial charge in [0.05, 0.1) is 6.61 Å². The topological polar surface area (TPSA) is 42.5 Å². The fourth-order valence-corrected chi connectivity index (χ4v) is 1.48. The molecule has 4 nitrogen and oxygen atoms in total. The van der Waals surface area contributed by atoms with E-state index in [0.717, 1.165) is 39.4 Å². The molecule has 0 aliphatic carbocycles. The average molecular weight is 232 g/mol. The molecule has 0 fully saturated rings. The van der Waals surface area contributed by atoms with Gasteiger partial charge in [-0.15, -0.1) is 0 Å². The summed E-state index contributed by atoms with van der Waals surface area (Å²) in [5, 5.41) is 6.76. The van der Waals surface area contributed by atoms with Crippen LogP contribution in [0.4, 0.5) is 0 Å². The van der Waals surface area contributed by atoms with Gasteiger partial charge in [0.25, 0.3) is 0 Å². The van der Waals surface area contributed by atoms with Crippen LogP contribution in [0, 0.1) is 5.92 Å². The third-order valence-corrected chi connectivity index (χ3v) is 2.46. The zero-order valence-corrected chi connectivity index (χ0v) is 11.1. The maximum Gasteiger partial charge on any atom is 0.0587 e. The molecule has 16 heavy (non-hydrogen) atoms. The lowest BCUT2D eigenvalue weighted by Crippen LogP contribution is -2.25. The number of rotatable bonds is 12. The molecular formula is C12H28N2O2. The molecule has 1 atom stereocenters. The fourth-order valence-electron chi connectivity index (χ4n) is 1.48. The van der Waals surface area contributed by atoms with Crippen molar-refractivity contribution in [1.82, 2.24) is 10.6 Å². The Bertz CT molecular complexity index is 134. The molecule has 2 N–H and O–H groups in total. The summed E-state index contributed by atoms with van der Waals surface area (Å²) in [4.78, 5) is 0. The van der Waals surface area contributed by atoms with Crippen molar-refractivity contribution in [3.63, 3.8) is 0 Å². The van der Waals surface area contributed by atoms with E-state index >= 15 is 0 Å². The summed E-state index contributed by atoms with van der Waals surface area (Å²) in [5.41, 5.74) is 0. The van der Waals surface area contributed by atoms with Crippen LogP contribution in [-0.2, 0) is 9.47 Å². The van der Waals surface area contributed by atoms with E-state index in [4.69, 9.17) is 9.47 Å². The van der Waals surface area contributed by atoms with E-state index in [1.54, 1.807) is 14.2 Å². The summed E-state index contributed by atoms with van der Waals surface area (Å²) in [6.45, 7) is 8.05. The van der Waals surface area contributed by atoms with Crippen LogP contribution in [0.25, 0.3) is 0 Å². The Morgan fingerprint density at radius 1 is 0.938 bits per heavy atom. The Morgan fingerprint density at radius 2 is 1.62 bits per heavy atom. The molecule has 0 saturated carbocycles. The van der Waals surface area contributed by atoms with E-state index in [0.29, 0.717) is 5.92 Å². The highest BCUT2D eigenvalue weighted by Gasteiger charge is 1.99. The molecule has 0 aromatic heterocycles. The summed E-state index contributed by atoms with van der Waals surface area (Å²) in [6, 6.07) is 0. The molecule has 0 aromatic rings. The number of hydrogen-bond donors (Lipinski definition) is 2. The van der Waals surface area contributed by atoms with E-state index in [1.165, 1.54) is 12.8 Å². The lowest BCUT2D eigenvalue weighted by molar-refractivity contribution is 0.155. The maximum atomic E-state index is 5.09. The Balaban J connectivity index is 2.98. The molecule has 0 aliphatic rings. The number of hydrogen-bond acceptors (Lipinski definition) is 4. The van der Waals surface area contributed by atoms with Crippen molar-refractivity contribution in [3.05, 3.63) is 0 Å². The number of methoxy groups -OCH3 is 2. The molecule has 0 radical (unpaired) electrons. The monoisotopic (exact) mass is 232 g/mol. The third kappa shape index (κ3) is 11.9. The van der Waals surface area contributed by atoms with Gasteiger partial charge in [-0.2, -0.15) is 0 Å². The first-order valence-electron chi connectivity index (χ1n) is 6.20. The van der Waals surface area contributed by atoms with E-state index in [-0.39, 0.29) is 0 Å². The van der Waals surface area contributed by atoms with Gasteiger partial charge in [-0.1, -0.05) is 6.92 Å². The molecule has 0 heterocycles. The summed E-state index contributed by atoms with van der Waals surface area (Å²) in [5.74, 6) is 0.650. The SMILES string of the molecule is COCCNCCCNCCC(C)COC. The highest BCUT2D eigenvalue weighted by atomic mass is 16.5. The predicted molar refractivity (Wildman–Crippen MR) is 67.9 cm³/mol. The second-order valence-electron chi connectivity index (χ2n) is 4.20. The van der Waals surface area contributed by atoms with Crippen LogP contribution in [0.3, 0.4) is 0 Å². The molecule has 0 bridgehead atoms. The minimum atomic E-state index is 0.650. The largest absolute Gasteiger partial charge is 0.384 e. The molecule has 0 rings (SSSR count). The van der Waals surface area contributed by atoms with Gasteiger partial charge in [-0.05, 0) is 38.4 Å². The van der Waals surface area contributed by atoms with Crippen LogP contribution >= 0.6 is 0 Å². The smallest absolute Gasteiger partial charge is 0.0587 e. The molecule has 0 aliphatic heterocycles. The first-order valence-corrected chi connectivity index (χ1v) is 6.20. The molecule has 1 unspecified atom stereocenters. The minimum Gasteiger partial charge on any atom is -0.384 e. The Kier molecular flexibility index (Phi) is 12.8. The van der Waals surface area contributed by atoms with E-state index in [9.17, 15) is 0 Å². The Labute approximate surface area is 100 Å². The average Bonchev–Trinajstić information content (AvgIpc) is 2.27. The van der Waals surface area contributed by atoms with Crippen molar-refractivity contribution >= 4 is 0 Å². The van der Waals surface area contributed by atoms with Gasteiger partial charge in [0.15, 0.2) is 0 Å². The molecule has 0 aromatic carbocycles. The van der Waals surface area contributed by atoms with Gasteiger partial charge < -0.3 is 20.1 Å². The fraction of sp³-hybridized carbons (Fsp3) is 1.00. The number of nitrogens with one attached hydrogen (secondary N) is 2. The van der Waals surface area contributed by atoms with Gasteiger partial charge >= 0.3 is 0 Å². The minimum absolute atomic E-state index is 0.650. The van der Waals surface area contributed by atoms with Crippen molar-refractivity contribution in [2.24, 2.45) is 5.92 Å². The maximum absolute atomic E-state index is 5.09. The van der Waals surface area contributed by atoms with Gasteiger partial charge in [0, 0.05) is 27.4 Å². The van der Waals surface area contributed by atoms with Crippen LogP contribution < -0.4 is 10.6 Å². The first-order chi connectivity index (χ1) is 7.81. The Morgan fingerprint density at radius 3 is 2.25 bits per heavy atom. The van der Waals surface area contributed by atoms with Crippen LogP contribution in [0.2, 0.25) is 0 Å². The van der Waals surface area contributed by atoms with Crippen molar-refractivity contribution in [1.29, 1.82) is 0 Å². The molecule has 0 amide bonds. The van der Waals surface area contributed by atoms with Crippen molar-refractivity contribution in [3.8, 4) is 0 Å². The second-order valence-corrected chi connectivity index (χ2v) is 4.20. The lowest BCUT2D eigenvalue weighted by atomic mass is 10.1. The zero-order chi connectivity index (χ0) is 12.1. The van der Waals surface area contributed by atoms with E-state index in [1.807, 2.05) is 0 Å². The van der Waals surface area contributed by atoms with Crippen molar-refractivity contribution in [2.45, 2.75) is 19.8 Å². The summed E-state index contributed by atoms with van der Waals surface area (Å²) in [6.07, 6.45) is 2.35. The molecular weight excluding hydrogens is 204 g/mol. The normalized spacial score (nSPS) is 12.9. The second kappa shape index (κ2) is 12.9. The van der Waals surface area contributed by atoms with Crippen molar-refractivity contribution < 1.29 is 9.47 Å². The highest BCUT2D eigenvalue weighted by molar-refractivity contribution is 4.56. The van der Waals surface area contributed by atoms with E-state index in [2.05, 4.69) is 17.6 Å². The van der Waals surface area contributed by atoms with Gasteiger partial charge in [-0.3, -0.25) is 0 Å². The molecule has 0 spiro atoms. The highest BCUT2D eigenvalue weighted by Crippen LogP contribution is 1.99. The molecule has 98 valence electrons.